The van der Waals surface area contributed by atoms with Crippen LogP contribution in [0.4, 0.5) is 8.78 Å². The summed E-state index contributed by atoms with van der Waals surface area (Å²) in [5.74, 6) is -0.617. The van der Waals surface area contributed by atoms with E-state index in [-0.39, 0.29) is 11.4 Å². The van der Waals surface area contributed by atoms with Crippen molar-refractivity contribution < 1.29 is 8.78 Å². The highest BCUT2D eigenvalue weighted by atomic mass is 19.1. The first kappa shape index (κ1) is 14.8. The Bertz CT molecular complexity index is 714. The van der Waals surface area contributed by atoms with Crippen molar-refractivity contribution in [3.8, 4) is 11.4 Å². The third-order valence-corrected chi connectivity index (χ3v) is 2.72. The first-order valence-corrected chi connectivity index (χ1v) is 6.25. The number of nitrogens with zero attached hydrogens (tertiary/aromatic N) is 3. The maximum atomic E-state index is 13.7. The van der Waals surface area contributed by atoms with Gasteiger partial charge < -0.3 is 0 Å². The second-order valence-electron chi connectivity index (χ2n) is 4.27. The van der Waals surface area contributed by atoms with E-state index in [2.05, 4.69) is 20.2 Å². The van der Waals surface area contributed by atoms with Crippen LogP contribution < -0.4 is 0 Å². The van der Waals surface area contributed by atoms with Gasteiger partial charge in [-0.05, 0) is 30.7 Å². The fourth-order valence-corrected chi connectivity index (χ4v) is 1.64. The lowest BCUT2D eigenvalue weighted by Crippen LogP contribution is -1.88. The van der Waals surface area contributed by atoms with Crippen LogP contribution in [-0.4, -0.2) is 28.4 Å². The van der Waals surface area contributed by atoms with Crippen molar-refractivity contribution in [3.63, 3.8) is 0 Å². The summed E-state index contributed by atoms with van der Waals surface area (Å²) in [7, 11) is 1.68. The van der Waals surface area contributed by atoms with Gasteiger partial charge in [0.15, 0.2) is 11.6 Å². The molecule has 1 aromatic heterocycles. The Morgan fingerprint density at radius 2 is 2.10 bits per heavy atom. The van der Waals surface area contributed by atoms with E-state index in [1.165, 1.54) is 12.1 Å². The van der Waals surface area contributed by atoms with Gasteiger partial charge in [0.2, 0.25) is 0 Å². The molecule has 0 bridgehead atoms. The first-order valence-electron chi connectivity index (χ1n) is 6.25. The number of allylic oxidation sites excluding steroid dienone is 4. The molecular weight excluding hydrogens is 274 g/mol. The molecule has 1 aromatic carbocycles. The van der Waals surface area contributed by atoms with Gasteiger partial charge in [-0.2, -0.15) is 5.10 Å². The van der Waals surface area contributed by atoms with E-state index >= 15 is 0 Å². The van der Waals surface area contributed by atoms with Crippen molar-refractivity contribution in [1.82, 2.24) is 15.2 Å². The summed E-state index contributed by atoms with van der Waals surface area (Å²) in [6, 6.07) is 3.29. The molecule has 0 saturated heterocycles. The molecule has 0 amide bonds. The molecule has 1 heterocycles. The lowest BCUT2D eigenvalue weighted by molar-refractivity contribution is 0.585. The van der Waals surface area contributed by atoms with E-state index in [9.17, 15) is 8.78 Å². The van der Waals surface area contributed by atoms with Gasteiger partial charge in [0.25, 0.3) is 0 Å². The maximum Gasteiger partial charge on any atom is 0.184 e. The number of H-pyrrole nitrogens is 1. The molecule has 2 rings (SSSR count). The Labute approximate surface area is 121 Å². The number of aromatic amines is 1. The van der Waals surface area contributed by atoms with Crippen molar-refractivity contribution in [2.24, 2.45) is 4.99 Å². The molecule has 0 spiro atoms. The summed E-state index contributed by atoms with van der Waals surface area (Å²) < 4.78 is 26.5. The minimum absolute atomic E-state index is 0.153. The summed E-state index contributed by atoms with van der Waals surface area (Å²) in [6.45, 7) is 1.85. The minimum atomic E-state index is -0.693. The van der Waals surface area contributed by atoms with Crippen LogP contribution >= 0.6 is 0 Å². The average molecular weight is 288 g/mol. The van der Waals surface area contributed by atoms with Crippen molar-refractivity contribution in [1.29, 1.82) is 0 Å². The van der Waals surface area contributed by atoms with Gasteiger partial charge in [-0.15, -0.1) is 0 Å². The van der Waals surface area contributed by atoms with Crippen LogP contribution in [0.25, 0.3) is 17.0 Å². The van der Waals surface area contributed by atoms with Gasteiger partial charge in [-0.25, -0.2) is 13.8 Å². The van der Waals surface area contributed by atoms with E-state index in [1.54, 1.807) is 19.3 Å². The maximum absolute atomic E-state index is 13.7. The number of hydrogen-bond donors (Lipinski definition) is 1. The van der Waals surface area contributed by atoms with E-state index in [1.807, 2.05) is 19.1 Å². The Balaban J connectivity index is 2.25. The van der Waals surface area contributed by atoms with Crippen LogP contribution in [0.15, 0.2) is 41.4 Å². The lowest BCUT2D eigenvalue weighted by Gasteiger charge is -1.97. The van der Waals surface area contributed by atoms with Gasteiger partial charge in [-0.1, -0.05) is 12.2 Å². The van der Waals surface area contributed by atoms with E-state index in [0.29, 0.717) is 5.82 Å². The van der Waals surface area contributed by atoms with Gasteiger partial charge in [0, 0.05) is 19.3 Å². The summed E-state index contributed by atoms with van der Waals surface area (Å²) in [5.41, 5.74) is 0.984. The number of nitrogens with one attached hydrogen (secondary N) is 1. The Kier molecular flexibility index (Phi) is 4.71. The van der Waals surface area contributed by atoms with Gasteiger partial charge in [0.05, 0.1) is 5.56 Å². The van der Waals surface area contributed by atoms with Crippen molar-refractivity contribution in [2.75, 3.05) is 7.05 Å². The van der Waals surface area contributed by atoms with Gasteiger partial charge in [0.1, 0.15) is 11.6 Å². The molecule has 4 nitrogen and oxygen atoms in total. The molecule has 0 aliphatic heterocycles. The Morgan fingerprint density at radius 1 is 1.29 bits per heavy atom. The number of halogens is 2. The third-order valence-electron chi connectivity index (χ3n) is 2.72. The molecule has 6 heteroatoms. The number of aliphatic imine (C=N–C) groups is 1. The molecule has 108 valence electrons. The first-order chi connectivity index (χ1) is 10.1. The van der Waals surface area contributed by atoms with E-state index in [0.717, 1.165) is 11.6 Å². The molecular formula is C15H14F2N4. The predicted octanol–water partition coefficient (Wildman–Crippen LogP) is 3.41. The average Bonchev–Trinajstić information content (AvgIpc) is 2.93. The van der Waals surface area contributed by atoms with Crippen LogP contribution in [0.5, 0.6) is 0 Å². The second kappa shape index (κ2) is 6.69. The summed E-state index contributed by atoms with van der Waals surface area (Å²) in [5, 5.41) is 6.68. The largest absolute Gasteiger partial charge is 0.297 e. The molecule has 0 atom stereocenters. The van der Waals surface area contributed by atoms with Crippen LogP contribution in [0.1, 0.15) is 12.7 Å². The molecule has 2 aromatic rings. The molecule has 0 unspecified atom stereocenters. The molecule has 0 aliphatic rings. The molecule has 0 aliphatic carbocycles. The molecule has 0 saturated carbocycles. The van der Waals surface area contributed by atoms with Crippen LogP contribution in [0.2, 0.25) is 0 Å². The second-order valence-corrected chi connectivity index (χ2v) is 4.27. The zero-order valence-corrected chi connectivity index (χ0v) is 11.6. The third kappa shape index (κ3) is 3.68. The van der Waals surface area contributed by atoms with Crippen LogP contribution in [0, 0.1) is 11.6 Å². The zero-order valence-electron chi connectivity index (χ0n) is 11.6. The highest BCUT2D eigenvalue weighted by molar-refractivity contribution is 5.72. The fraction of sp³-hybridized carbons (Fsp3) is 0.133. The number of benzene rings is 1. The normalized spacial score (nSPS) is 12.7. The lowest BCUT2D eigenvalue weighted by atomic mass is 10.2. The van der Waals surface area contributed by atoms with Gasteiger partial charge in [-0.3, -0.25) is 10.1 Å². The molecule has 21 heavy (non-hydrogen) atoms. The fourth-order valence-electron chi connectivity index (χ4n) is 1.64. The van der Waals surface area contributed by atoms with Crippen LogP contribution in [-0.2, 0) is 0 Å². The van der Waals surface area contributed by atoms with Crippen molar-refractivity contribution >= 4 is 11.8 Å². The topological polar surface area (TPSA) is 53.9 Å². The van der Waals surface area contributed by atoms with E-state index < -0.39 is 11.6 Å². The monoisotopic (exact) mass is 288 g/mol. The van der Waals surface area contributed by atoms with Crippen molar-refractivity contribution in [2.45, 2.75) is 6.92 Å². The number of rotatable bonds is 4. The van der Waals surface area contributed by atoms with E-state index in [4.69, 9.17) is 0 Å². The predicted molar refractivity (Wildman–Crippen MR) is 78.9 cm³/mol. The quantitative estimate of drug-likeness (QED) is 0.692. The minimum Gasteiger partial charge on any atom is -0.297 e. The summed E-state index contributed by atoms with van der Waals surface area (Å²) in [4.78, 5) is 8.02. The van der Waals surface area contributed by atoms with Crippen LogP contribution in [0.3, 0.4) is 0 Å². The standard InChI is InChI=1S/C15H14F2N4/c1-10(5-3-4-8-18-2)14-19-15(21-20-14)12-7-6-11(16)9-13(12)17/h3-9H,1-2H3,(H,19,20,21)/b4-3-,10-5+,18-8+. The summed E-state index contributed by atoms with van der Waals surface area (Å²) in [6.07, 6.45) is 7.07. The smallest absolute Gasteiger partial charge is 0.184 e. The molecule has 0 radical (unpaired) electrons. The highest BCUT2D eigenvalue weighted by Gasteiger charge is 2.12. The van der Waals surface area contributed by atoms with Gasteiger partial charge >= 0.3 is 0 Å². The molecule has 1 N–H and O–H groups in total. The highest BCUT2D eigenvalue weighted by Crippen LogP contribution is 2.21. The zero-order chi connectivity index (χ0) is 15.2. The summed E-state index contributed by atoms with van der Waals surface area (Å²) >= 11 is 0. The number of aromatic nitrogens is 3. The Hall–Kier alpha value is -2.63. The number of hydrogen-bond acceptors (Lipinski definition) is 3. The van der Waals surface area contributed by atoms with Crippen molar-refractivity contribution in [3.05, 3.63) is 53.9 Å². The molecule has 0 fully saturated rings. The Morgan fingerprint density at radius 3 is 2.81 bits per heavy atom. The SMILES string of the molecule is C/N=C/C=C\C=C(/C)c1nc(-c2ccc(F)cc2F)n[nH]1.